The molecular formula is C24H31N3O. The number of hydrogen-bond acceptors (Lipinski definition) is 3. The number of likely N-dealkylation sites (tertiary alicyclic amines) is 2. The molecule has 4 rings (SSSR count). The Bertz CT molecular complexity index is 779. The van der Waals surface area contributed by atoms with E-state index in [4.69, 9.17) is 5.73 Å². The minimum Gasteiger partial charge on any atom is -0.334 e. The zero-order valence-electron chi connectivity index (χ0n) is 16.6. The quantitative estimate of drug-likeness (QED) is 0.860. The van der Waals surface area contributed by atoms with Gasteiger partial charge in [-0.15, -0.1) is 0 Å². The van der Waals surface area contributed by atoms with Crippen molar-refractivity contribution < 1.29 is 4.79 Å². The van der Waals surface area contributed by atoms with Crippen molar-refractivity contribution in [3.63, 3.8) is 0 Å². The van der Waals surface area contributed by atoms with Crippen LogP contribution in [0.3, 0.4) is 0 Å². The van der Waals surface area contributed by atoms with Crippen molar-refractivity contribution in [3.05, 3.63) is 59.7 Å². The number of nitrogens with zero attached hydrogens (tertiary/aromatic N) is 2. The van der Waals surface area contributed by atoms with E-state index >= 15 is 0 Å². The Morgan fingerprint density at radius 1 is 0.857 bits per heavy atom. The zero-order chi connectivity index (χ0) is 19.3. The lowest BCUT2D eigenvalue weighted by molar-refractivity contribution is 0.0623. The summed E-state index contributed by atoms with van der Waals surface area (Å²) in [4.78, 5) is 17.4. The molecule has 0 bridgehead atoms. The number of amides is 1. The minimum absolute atomic E-state index is 0.114. The van der Waals surface area contributed by atoms with E-state index in [1.807, 2.05) is 17.0 Å². The average Bonchev–Trinajstić information content (AvgIpc) is 3.27. The van der Waals surface area contributed by atoms with Gasteiger partial charge in [0.15, 0.2) is 0 Å². The summed E-state index contributed by atoms with van der Waals surface area (Å²) in [5.74, 6) is 0.114. The maximum absolute atomic E-state index is 12.9. The fourth-order valence-corrected chi connectivity index (χ4v) is 4.49. The second-order valence-corrected chi connectivity index (χ2v) is 8.14. The normalized spacial score (nSPS) is 20.5. The molecule has 1 unspecified atom stereocenters. The fourth-order valence-electron chi connectivity index (χ4n) is 4.49. The van der Waals surface area contributed by atoms with Gasteiger partial charge in [-0.1, -0.05) is 36.4 Å². The summed E-state index contributed by atoms with van der Waals surface area (Å²) in [5.41, 5.74) is 10.4. The third kappa shape index (κ3) is 4.29. The predicted octanol–water partition coefficient (Wildman–Crippen LogP) is 3.90. The first-order valence-corrected chi connectivity index (χ1v) is 10.7. The van der Waals surface area contributed by atoms with Crippen molar-refractivity contribution in [1.82, 2.24) is 9.80 Å². The molecule has 4 nitrogen and oxygen atoms in total. The number of benzene rings is 2. The van der Waals surface area contributed by atoms with Gasteiger partial charge < -0.3 is 10.6 Å². The third-order valence-electron chi connectivity index (χ3n) is 6.18. The monoisotopic (exact) mass is 377 g/mol. The molecule has 2 aliphatic heterocycles. The Kier molecular flexibility index (Phi) is 6.08. The van der Waals surface area contributed by atoms with E-state index in [9.17, 15) is 4.79 Å². The molecule has 2 aromatic rings. The van der Waals surface area contributed by atoms with Crippen LogP contribution in [0.5, 0.6) is 0 Å². The topological polar surface area (TPSA) is 49.6 Å². The number of carbonyl (C=O) groups excluding carboxylic acids is 1. The van der Waals surface area contributed by atoms with Crippen molar-refractivity contribution in [2.24, 2.45) is 5.73 Å². The summed E-state index contributed by atoms with van der Waals surface area (Å²) in [7, 11) is 0. The van der Waals surface area contributed by atoms with Crippen LogP contribution in [0.1, 0.15) is 48.0 Å². The van der Waals surface area contributed by atoms with Gasteiger partial charge >= 0.3 is 0 Å². The van der Waals surface area contributed by atoms with Gasteiger partial charge in [-0.25, -0.2) is 0 Å². The number of carbonyl (C=O) groups is 1. The van der Waals surface area contributed by atoms with Crippen LogP contribution in [0.15, 0.2) is 48.5 Å². The largest absolute Gasteiger partial charge is 0.334 e. The lowest BCUT2D eigenvalue weighted by Gasteiger charge is -2.35. The van der Waals surface area contributed by atoms with Gasteiger partial charge in [0, 0.05) is 31.2 Å². The second kappa shape index (κ2) is 8.89. The molecule has 0 radical (unpaired) electrons. The Balaban J connectivity index is 1.43. The smallest absolute Gasteiger partial charge is 0.254 e. The van der Waals surface area contributed by atoms with Crippen molar-refractivity contribution in [1.29, 1.82) is 0 Å². The van der Waals surface area contributed by atoms with Crippen LogP contribution in [0.4, 0.5) is 0 Å². The van der Waals surface area contributed by atoms with Crippen LogP contribution in [-0.4, -0.2) is 47.9 Å². The molecule has 2 saturated heterocycles. The standard InChI is InChI=1S/C24H31N3O/c25-17-23-5-1-2-16-27(23)24(28)22-12-10-21(11-13-22)20-8-6-19(7-9-20)18-26-14-3-4-15-26/h6-13,23H,1-5,14-18,25H2. The van der Waals surface area contributed by atoms with Crippen LogP contribution in [0, 0.1) is 0 Å². The Morgan fingerprint density at radius 2 is 1.46 bits per heavy atom. The molecule has 0 saturated carbocycles. The molecule has 1 amide bonds. The fraction of sp³-hybridized carbons (Fsp3) is 0.458. The first-order valence-electron chi connectivity index (χ1n) is 10.7. The molecule has 2 heterocycles. The molecule has 2 aliphatic rings. The van der Waals surface area contributed by atoms with E-state index in [1.54, 1.807) is 0 Å². The Labute approximate surface area is 168 Å². The molecule has 2 N–H and O–H groups in total. The summed E-state index contributed by atoms with van der Waals surface area (Å²) < 4.78 is 0. The zero-order valence-corrected chi connectivity index (χ0v) is 16.6. The molecule has 2 aromatic carbocycles. The van der Waals surface area contributed by atoms with Crippen LogP contribution >= 0.6 is 0 Å². The summed E-state index contributed by atoms with van der Waals surface area (Å²) in [5, 5.41) is 0. The van der Waals surface area contributed by atoms with E-state index in [1.165, 1.54) is 43.5 Å². The minimum atomic E-state index is 0.114. The summed E-state index contributed by atoms with van der Waals surface area (Å²) in [6.07, 6.45) is 5.91. The lowest BCUT2D eigenvalue weighted by Crippen LogP contribution is -2.47. The second-order valence-electron chi connectivity index (χ2n) is 8.14. The average molecular weight is 378 g/mol. The van der Waals surface area contributed by atoms with Gasteiger partial charge in [-0.05, 0) is 74.0 Å². The number of nitrogens with two attached hydrogens (primary N) is 1. The maximum atomic E-state index is 12.9. The molecule has 0 aliphatic carbocycles. The number of hydrogen-bond donors (Lipinski definition) is 1. The third-order valence-corrected chi connectivity index (χ3v) is 6.18. The molecule has 4 heteroatoms. The number of rotatable bonds is 5. The Morgan fingerprint density at radius 3 is 2.11 bits per heavy atom. The van der Waals surface area contributed by atoms with E-state index < -0.39 is 0 Å². The Hall–Kier alpha value is -2.17. The SMILES string of the molecule is NCC1CCCCN1C(=O)c1ccc(-c2ccc(CN3CCCC3)cc2)cc1. The van der Waals surface area contributed by atoms with Crippen molar-refractivity contribution >= 4 is 5.91 Å². The first-order chi connectivity index (χ1) is 13.7. The summed E-state index contributed by atoms with van der Waals surface area (Å²) >= 11 is 0. The van der Waals surface area contributed by atoms with Gasteiger partial charge in [0.2, 0.25) is 0 Å². The molecule has 2 fully saturated rings. The van der Waals surface area contributed by atoms with Crippen LogP contribution in [-0.2, 0) is 6.54 Å². The lowest BCUT2D eigenvalue weighted by atomic mass is 9.99. The van der Waals surface area contributed by atoms with Gasteiger partial charge in [0.05, 0.1) is 0 Å². The molecule has 0 aromatic heterocycles. The van der Waals surface area contributed by atoms with Crippen LogP contribution in [0.25, 0.3) is 11.1 Å². The van der Waals surface area contributed by atoms with Crippen molar-refractivity contribution in [2.45, 2.75) is 44.7 Å². The van der Waals surface area contributed by atoms with Crippen molar-refractivity contribution in [3.8, 4) is 11.1 Å². The predicted molar refractivity (Wildman–Crippen MR) is 114 cm³/mol. The van der Waals surface area contributed by atoms with E-state index in [-0.39, 0.29) is 11.9 Å². The van der Waals surface area contributed by atoms with Gasteiger partial charge in [-0.2, -0.15) is 0 Å². The van der Waals surface area contributed by atoms with Crippen molar-refractivity contribution in [2.75, 3.05) is 26.2 Å². The van der Waals surface area contributed by atoms with E-state index in [0.29, 0.717) is 6.54 Å². The van der Waals surface area contributed by atoms with Gasteiger partial charge in [-0.3, -0.25) is 9.69 Å². The highest BCUT2D eigenvalue weighted by Crippen LogP contribution is 2.24. The molecule has 0 spiro atoms. The molecular weight excluding hydrogens is 346 g/mol. The first kappa shape index (κ1) is 19.2. The van der Waals surface area contributed by atoms with E-state index in [2.05, 4.69) is 41.3 Å². The van der Waals surface area contributed by atoms with Crippen LogP contribution in [0.2, 0.25) is 0 Å². The highest BCUT2D eigenvalue weighted by atomic mass is 16.2. The summed E-state index contributed by atoms with van der Waals surface area (Å²) in [6.45, 7) is 4.86. The molecule has 1 atom stereocenters. The highest BCUT2D eigenvalue weighted by Gasteiger charge is 2.26. The number of piperidine rings is 1. The van der Waals surface area contributed by atoms with Crippen LogP contribution < -0.4 is 5.73 Å². The molecule has 28 heavy (non-hydrogen) atoms. The maximum Gasteiger partial charge on any atom is 0.254 e. The molecule has 148 valence electrons. The van der Waals surface area contributed by atoms with Gasteiger partial charge in [0.25, 0.3) is 5.91 Å². The summed E-state index contributed by atoms with van der Waals surface area (Å²) in [6, 6.07) is 17.1. The van der Waals surface area contributed by atoms with Gasteiger partial charge in [0.1, 0.15) is 0 Å². The van der Waals surface area contributed by atoms with E-state index in [0.717, 1.165) is 37.1 Å². The highest BCUT2D eigenvalue weighted by molar-refractivity contribution is 5.95.